The van der Waals surface area contributed by atoms with E-state index in [1.54, 1.807) is 18.2 Å². The smallest absolute Gasteiger partial charge is 0.264 e. The highest BCUT2D eigenvalue weighted by atomic mass is 16.2. The van der Waals surface area contributed by atoms with E-state index < -0.39 is 29.7 Å². The number of nitrogens with zero attached hydrogens (tertiary/aromatic N) is 1. The van der Waals surface area contributed by atoms with E-state index in [9.17, 15) is 19.2 Å². The Morgan fingerprint density at radius 3 is 2.72 bits per heavy atom. The second-order valence-electron chi connectivity index (χ2n) is 6.37. The van der Waals surface area contributed by atoms with Gasteiger partial charge in [-0.15, -0.1) is 0 Å². The number of anilines is 1. The SMILES string of the molecule is CC(N)CCNc1cccc2c1C(=O)N(C1CCC(=O)NC1=O)C2=O. The molecule has 0 aromatic heterocycles. The summed E-state index contributed by atoms with van der Waals surface area (Å²) < 4.78 is 0. The molecule has 2 aliphatic heterocycles. The minimum Gasteiger partial charge on any atom is -0.384 e. The summed E-state index contributed by atoms with van der Waals surface area (Å²) in [6, 6.07) is 4.03. The van der Waals surface area contributed by atoms with Crippen molar-refractivity contribution in [1.82, 2.24) is 10.2 Å². The zero-order chi connectivity index (χ0) is 18.1. The number of hydrogen-bond donors (Lipinski definition) is 3. The molecule has 2 heterocycles. The highest BCUT2D eigenvalue weighted by Gasteiger charge is 2.45. The summed E-state index contributed by atoms with van der Waals surface area (Å²) >= 11 is 0. The summed E-state index contributed by atoms with van der Waals surface area (Å²) in [4.78, 5) is 49.8. The van der Waals surface area contributed by atoms with Gasteiger partial charge in [0.2, 0.25) is 11.8 Å². The highest BCUT2D eigenvalue weighted by Crippen LogP contribution is 2.32. The van der Waals surface area contributed by atoms with Crippen molar-refractivity contribution < 1.29 is 19.2 Å². The van der Waals surface area contributed by atoms with E-state index in [4.69, 9.17) is 5.73 Å². The zero-order valence-corrected chi connectivity index (χ0v) is 13.9. The summed E-state index contributed by atoms with van der Waals surface area (Å²) in [6.07, 6.45) is 0.954. The van der Waals surface area contributed by atoms with Gasteiger partial charge in [-0.25, -0.2) is 0 Å². The fraction of sp³-hybridized carbons (Fsp3) is 0.412. The number of carbonyl (C=O) groups excluding carboxylic acids is 4. The normalized spacial score (nSPS) is 21.2. The number of rotatable bonds is 5. The van der Waals surface area contributed by atoms with Gasteiger partial charge < -0.3 is 11.1 Å². The number of imide groups is 2. The van der Waals surface area contributed by atoms with Crippen molar-refractivity contribution in [2.45, 2.75) is 38.3 Å². The summed E-state index contributed by atoms with van der Waals surface area (Å²) in [7, 11) is 0. The molecule has 2 unspecified atom stereocenters. The maximum absolute atomic E-state index is 12.8. The topological polar surface area (TPSA) is 122 Å². The Labute approximate surface area is 144 Å². The molecule has 25 heavy (non-hydrogen) atoms. The molecule has 0 spiro atoms. The summed E-state index contributed by atoms with van der Waals surface area (Å²) in [5, 5.41) is 5.32. The van der Waals surface area contributed by atoms with Crippen LogP contribution in [0.5, 0.6) is 0 Å². The number of nitrogens with one attached hydrogen (secondary N) is 2. The molecule has 2 aliphatic rings. The molecule has 0 saturated carbocycles. The Morgan fingerprint density at radius 1 is 1.28 bits per heavy atom. The van der Waals surface area contributed by atoms with E-state index in [1.165, 1.54) is 0 Å². The van der Waals surface area contributed by atoms with Gasteiger partial charge in [-0.2, -0.15) is 0 Å². The molecule has 4 amide bonds. The van der Waals surface area contributed by atoms with Crippen LogP contribution in [0.3, 0.4) is 0 Å². The quantitative estimate of drug-likeness (QED) is 0.658. The first-order chi connectivity index (χ1) is 11.9. The van der Waals surface area contributed by atoms with Crippen LogP contribution >= 0.6 is 0 Å². The summed E-state index contributed by atoms with van der Waals surface area (Å²) in [6.45, 7) is 2.45. The first-order valence-corrected chi connectivity index (χ1v) is 8.24. The van der Waals surface area contributed by atoms with Crippen LogP contribution in [0.25, 0.3) is 0 Å². The third kappa shape index (κ3) is 3.12. The molecular formula is C17H20N4O4. The lowest BCUT2D eigenvalue weighted by atomic mass is 10.0. The average Bonchev–Trinajstić information content (AvgIpc) is 2.80. The standard InChI is InChI=1S/C17H20N4O4/c1-9(18)7-8-19-11-4-2-3-10-14(11)17(25)21(16(10)24)12-5-6-13(22)20-15(12)23/h2-4,9,12,19H,5-8,18H2,1H3,(H,20,22,23). The predicted octanol–water partition coefficient (Wildman–Crippen LogP) is 0.237. The Hall–Kier alpha value is -2.74. The van der Waals surface area contributed by atoms with E-state index in [0.29, 0.717) is 18.7 Å². The second kappa shape index (κ2) is 6.64. The van der Waals surface area contributed by atoms with Gasteiger partial charge in [-0.1, -0.05) is 6.07 Å². The van der Waals surface area contributed by atoms with Crippen molar-refractivity contribution in [2.75, 3.05) is 11.9 Å². The number of fused-ring (bicyclic) bond motifs is 1. The van der Waals surface area contributed by atoms with Crippen LogP contribution in [0.4, 0.5) is 5.69 Å². The molecule has 0 radical (unpaired) electrons. The molecule has 132 valence electrons. The third-order valence-corrected chi connectivity index (χ3v) is 4.38. The number of piperidine rings is 1. The van der Waals surface area contributed by atoms with E-state index >= 15 is 0 Å². The van der Waals surface area contributed by atoms with Gasteiger partial charge in [-0.05, 0) is 31.9 Å². The molecule has 3 rings (SSSR count). The second-order valence-corrected chi connectivity index (χ2v) is 6.37. The van der Waals surface area contributed by atoms with Crippen LogP contribution in [0, 0.1) is 0 Å². The molecule has 1 aromatic carbocycles. The number of nitrogens with two attached hydrogens (primary N) is 1. The van der Waals surface area contributed by atoms with E-state index in [0.717, 1.165) is 4.90 Å². The molecular weight excluding hydrogens is 324 g/mol. The Kier molecular flexibility index (Phi) is 4.54. The lowest BCUT2D eigenvalue weighted by Crippen LogP contribution is -2.54. The van der Waals surface area contributed by atoms with E-state index in [1.807, 2.05) is 6.92 Å². The minimum absolute atomic E-state index is 0.0153. The minimum atomic E-state index is -0.956. The lowest BCUT2D eigenvalue weighted by Gasteiger charge is -2.27. The van der Waals surface area contributed by atoms with Gasteiger partial charge in [0.25, 0.3) is 11.8 Å². The molecule has 4 N–H and O–H groups in total. The van der Waals surface area contributed by atoms with Gasteiger partial charge in [0.15, 0.2) is 0 Å². The van der Waals surface area contributed by atoms with Crippen molar-refractivity contribution in [3.63, 3.8) is 0 Å². The van der Waals surface area contributed by atoms with Crippen molar-refractivity contribution >= 4 is 29.3 Å². The molecule has 8 nitrogen and oxygen atoms in total. The molecule has 0 bridgehead atoms. The first-order valence-electron chi connectivity index (χ1n) is 8.24. The van der Waals surface area contributed by atoms with Crippen LogP contribution in [-0.2, 0) is 9.59 Å². The van der Waals surface area contributed by atoms with Gasteiger partial charge >= 0.3 is 0 Å². The average molecular weight is 344 g/mol. The predicted molar refractivity (Wildman–Crippen MR) is 89.9 cm³/mol. The third-order valence-electron chi connectivity index (χ3n) is 4.38. The van der Waals surface area contributed by atoms with Gasteiger partial charge in [-0.3, -0.25) is 29.4 Å². The Bertz CT molecular complexity index is 759. The maximum Gasteiger partial charge on any atom is 0.264 e. The van der Waals surface area contributed by atoms with Crippen LogP contribution in [0.15, 0.2) is 18.2 Å². The number of carbonyl (C=O) groups is 4. The number of benzene rings is 1. The Morgan fingerprint density at radius 2 is 2.04 bits per heavy atom. The van der Waals surface area contributed by atoms with Crippen molar-refractivity contribution in [2.24, 2.45) is 5.73 Å². The highest BCUT2D eigenvalue weighted by molar-refractivity contribution is 6.25. The molecule has 1 saturated heterocycles. The molecule has 1 aromatic rings. The van der Waals surface area contributed by atoms with E-state index in [-0.39, 0.29) is 30.0 Å². The van der Waals surface area contributed by atoms with Gasteiger partial charge in [0.05, 0.1) is 11.1 Å². The first kappa shape index (κ1) is 17.1. The monoisotopic (exact) mass is 344 g/mol. The molecule has 1 fully saturated rings. The van der Waals surface area contributed by atoms with Crippen LogP contribution < -0.4 is 16.4 Å². The Balaban J connectivity index is 1.86. The van der Waals surface area contributed by atoms with E-state index in [2.05, 4.69) is 10.6 Å². The largest absolute Gasteiger partial charge is 0.384 e. The fourth-order valence-electron chi connectivity index (χ4n) is 3.10. The molecule has 2 atom stereocenters. The maximum atomic E-state index is 12.8. The lowest BCUT2D eigenvalue weighted by molar-refractivity contribution is -0.136. The summed E-state index contributed by atoms with van der Waals surface area (Å²) in [5.41, 5.74) is 6.80. The molecule has 0 aliphatic carbocycles. The fourth-order valence-corrected chi connectivity index (χ4v) is 3.10. The van der Waals surface area contributed by atoms with Gasteiger partial charge in [0, 0.05) is 24.7 Å². The van der Waals surface area contributed by atoms with Crippen LogP contribution in [0.2, 0.25) is 0 Å². The van der Waals surface area contributed by atoms with Gasteiger partial charge in [0.1, 0.15) is 6.04 Å². The van der Waals surface area contributed by atoms with Crippen molar-refractivity contribution in [3.05, 3.63) is 29.3 Å². The summed E-state index contributed by atoms with van der Waals surface area (Å²) in [5.74, 6) is -2.03. The number of hydrogen-bond acceptors (Lipinski definition) is 6. The van der Waals surface area contributed by atoms with Crippen molar-refractivity contribution in [1.29, 1.82) is 0 Å². The number of amides is 4. The zero-order valence-electron chi connectivity index (χ0n) is 13.9. The molecule has 8 heteroatoms. The van der Waals surface area contributed by atoms with Crippen LogP contribution in [-0.4, -0.2) is 47.2 Å². The van der Waals surface area contributed by atoms with Crippen molar-refractivity contribution in [3.8, 4) is 0 Å². The van der Waals surface area contributed by atoms with Crippen LogP contribution in [0.1, 0.15) is 46.9 Å².